The molecule has 4 nitrogen and oxygen atoms in total. The first-order valence-electron chi connectivity index (χ1n) is 6.79. The highest BCUT2D eigenvalue weighted by molar-refractivity contribution is 7.99. The van der Waals surface area contributed by atoms with E-state index in [1.54, 1.807) is 18.6 Å². The van der Waals surface area contributed by atoms with Crippen LogP contribution in [0, 0.1) is 11.3 Å². The molecule has 1 aromatic carbocycles. The summed E-state index contributed by atoms with van der Waals surface area (Å²) in [6, 6.07) is 12.5. The number of benzene rings is 1. The van der Waals surface area contributed by atoms with Gasteiger partial charge >= 0.3 is 0 Å². The number of nitrogens with zero attached hydrogens (tertiary/aromatic N) is 3. The smallest absolute Gasteiger partial charge is 0.141 e. The fourth-order valence-corrected chi connectivity index (χ4v) is 3.04. The molecule has 0 aliphatic heterocycles. The molecule has 2 rings (SSSR count). The van der Waals surface area contributed by atoms with Crippen molar-refractivity contribution < 1.29 is 0 Å². The maximum absolute atomic E-state index is 9.80. The Balaban J connectivity index is 2.26. The molecule has 21 heavy (non-hydrogen) atoms. The molecule has 0 radical (unpaired) electrons. The van der Waals surface area contributed by atoms with E-state index in [2.05, 4.69) is 21.4 Å². The topological polar surface area (TPSA) is 61.6 Å². The van der Waals surface area contributed by atoms with Crippen LogP contribution in [0.3, 0.4) is 0 Å². The van der Waals surface area contributed by atoms with Crippen molar-refractivity contribution in [1.82, 2.24) is 15.3 Å². The van der Waals surface area contributed by atoms with Crippen LogP contribution in [0.15, 0.2) is 53.9 Å². The molecule has 1 aromatic heterocycles. The van der Waals surface area contributed by atoms with Gasteiger partial charge in [0.15, 0.2) is 0 Å². The lowest BCUT2D eigenvalue weighted by molar-refractivity contribution is 0.425. The first-order valence-corrected chi connectivity index (χ1v) is 7.78. The third kappa shape index (κ3) is 4.03. The lowest BCUT2D eigenvalue weighted by atomic mass is 9.92. The third-order valence-corrected chi connectivity index (χ3v) is 4.05. The minimum Gasteiger partial charge on any atom is -0.293 e. The minimum atomic E-state index is -0.738. The van der Waals surface area contributed by atoms with Gasteiger partial charge < -0.3 is 0 Å². The van der Waals surface area contributed by atoms with Gasteiger partial charge in [0.05, 0.1) is 12.3 Å². The van der Waals surface area contributed by atoms with Crippen LogP contribution >= 0.6 is 11.8 Å². The standard InChI is InChI=1S/C16H18N4S/c1-13(2)20-16(11-17,14-6-4-3-5-7-14)12-21-15-10-18-8-9-19-15/h3-10,13,20H,12H2,1-2H3. The molecule has 0 spiro atoms. The van der Waals surface area contributed by atoms with Crippen LogP contribution in [0.4, 0.5) is 0 Å². The second-order valence-electron chi connectivity index (χ2n) is 5.01. The molecule has 2 aromatic rings. The molecule has 1 N–H and O–H groups in total. The first-order chi connectivity index (χ1) is 10.2. The average molecular weight is 298 g/mol. The van der Waals surface area contributed by atoms with E-state index in [0.29, 0.717) is 5.75 Å². The zero-order valence-electron chi connectivity index (χ0n) is 12.2. The predicted octanol–water partition coefficient (Wildman–Crippen LogP) is 2.99. The summed E-state index contributed by atoms with van der Waals surface area (Å²) in [7, 11) is 0. The largest absolute Gasteiger partial charge is 0.293 e. The average Bonchev–Trinajstić information content (AvgIpc) is 2.53. The van der Waals surface area contributed by atoms with Crippen molar-refractivity contribution in [3.05, 3.63) is 54.5 Å². The Kier molecular flexibility index (Phi) is 5.32. The second kappa shape index (κ2) is 7.21. The van der Waals surface area contributed by atoms with Gasteiger partial charge in [0, 0.05) is 24.2 Å². The molecule has 0 aliphatic rings. The summed E-state index contributed by atoms with van der Waals surface area (Å²) in [6.07, 6.45) is 5.02. The van der Waals surface area contributed by atoms with E-state index >= 15 is 0 Å². The Morgan fingerprint density at radius 3 is 2.62 bits per heavy atom. The molecule has 108 valence electrons. The van der Waals surface area contributed by atoms with E-state index in [4.69, 9.17) is 0 Å². The van der Waals surface area contributed by atoms with Crippen molar-refractivity contribution in [3.8, 4) is 6.07 Å². The highest BCUT2D eigenvalue weighted by Gasteiger charge is 2.33. The van der Waals surface area contributed by atoms with Crippen LogP contribution < -0.4 is 5.32 Å². The SMILES string of the molecule is CC(C)NC(C#N)(CSc1cnccn1)c1ccccc1. The van der Waals surface area contributed by atoms with Crippen molar-refractivity contribution in [2.75, 3.05) is 5.75 Å². The van der Waals surface area contributed by atoms with Gasteiger partial charge in [-0.1, -0.05) is 30.3 Å². The maximum Gasteiger partial charge on any atom is 0.141 e. The molecule has 0 saturated heterocycles. The molecule has 5 heteroatoms. The molecule has 0 saturated carbocycles. The van der Waals surface area contributed by atoms with Crippen LogP contribution in [0.2, 0.25) is 0 Å². The van der Waals surface area contributed by atoms with Crippen LogP contribution in [0.25, 0.3) is 0 Å². The van der Waals surface area contributed by atoms with E-state index in [1.807, 2.05) is 44.2 Å². The fourth-order valence-electron chi connectivity index (χ4n) is 2.10. The highest BCUT2D eigenvalue weighted by Crippen LogP contribution is 2.28. The van der Waals surface area contributed by atoms with Gasteiger partial charge in [-0.25, -0.2) is 4.98 Å². The summed E-state index contributed by atoms with van der Waals surface area (Å²) >= 11 is 1.53. The lowest BCUT2D eigenvalue weighted by Gasteiger charge is -2.30. The van der Waals surface area contributed by atoms with Crippen LogP contribution in [-0.2, 0) is 5.54 Å². The molecular weight excluding hydrogens is 280 g/mol. The van der Waals surface area contributed by atoms with Crippen molar-refractivity contribution in [3.63, 3.8) is 0 Å². The summed E-state index contributed by atoms with van der Waals surface area (Å²) < 4.78 is 0. The third-order valence-electron chi connectivity index (χ3n) is 2.97. The van der Waals surface area contributed by atoms with E-state index < -0.39 is 5.54 Å². The minimum absolute atomic E-state index is 0.201. The van der Waals surface area contributed by atoms with Gasteiger partial charge in [-0.15, -0.1) is 11.8 Å². The van der Waals surface area contributed by atoms with Gasteiger partial charge in [0.1, 0.15) is 10.6 Å². The Morgan fingerprint density at radius 2 is 2.05 bits per heavy atom. The fraction of sp³-hybridized carbons (Fsp3) is 0.312. The monoisotopic (exact) mass is 298 g/mol. The number of nitrogens with one attached hydrogen (secondary N) is 1. The summed E-state index contributed by atoms with van der Waals surface area (Å²) in [4.78, 5) is 8.31. The van der Waals surface area contributed by atoms with Gasteiger partial charge in [-0.05, 0) is 19.4 Å². The van der Waals surface area contributed by atoms with Gasteiger partial charge in [-0.2, -0.15) is 5.26 Å². The zero-order chi connectivity index (χ0) is 15.1. The number of hydrogen-bond donors (Lipinski definition) is 1. The van der Waals surface area contributed by atoms with Gasteiger partial charge in [0.2, 0.25) is 0 Å². The predicted molar refractivity (Wildman–Crippen MR) is 84.8 cm³/mol. The Morgan fingerprint density at radius 1 is 1.29 bits per heavy atom. The number of nitriles is 1. The summed E-state index contributed by atoms with van der Waals surface area (Å²) in [6.45, 7) is 4.09. The molecular formula is C16H18N4S. The van der Waals surface area contributed by atoms with E-state index in [9.17, 15) is 5.26 Å². The Bertz CT molecular complexity index is 595. The highest BCUT2D eigenvalue weighted by atomic mass is 32.2. The molecule has 0 aliphatic carbocycles. The quantitative estimate of drug-likeness (QED) is 0.831. The summed E-state index contributed by atoms with van der Waals surface area (Å²) in [5.74, 6) is 0.574. The van der Waals surface area contributed by atoms with Crippen LogP contribution in [0.1, 0.15) is 19.4 Å². The molecule has 1 heterocycles. The van der Waals surface area contributed by atoms with E-state index in [1.165, 1.54) is 11.8 Å². The lowest BCUT2D eigenvalue weighted by Crippen LogP contribution is -2.47. The van der Waals surface area contributed by atoms with Crippen molar-refractivity contribution in [1.29, 1.82) is 5.26 Å². The molecule has 0 amide bonds. The number of aromatic nitrogens is 2. The van der Waals surface area contributed by atoms with Crippen LogP contribution in [0.5, 0.6) is 0 Å². The zero-order valence-corrected chi connectivity index (χ0v) is 13.0. The number of rotatable bonds is 6. The normalized spacial score (nSPS) is 13.6. The number of thioether (sulfide) groups is 1. The second-order valence-corrected chi connectivity index (χ2v) is 6.01. The first kappa shape index (κ1) is 15.5. The van der Waals surface area contributed by atoms with E-state index in [-0.39, 0.29) is 6.04 Å². The number of hydrogen-bond acceptors (Lipinski definition) is 5. The van der Waals surface area contributed by atoms with Crippen molar-refractivity contribution in [2.45, 2.75) is 30.5 Å². The molecule has 0 fully saturated rings. The maximum atomic E-state index is 9.80. The van der Waals surface area contributed by atoms with Gasteiger partial charge in [0.25, 0.3) is 0 Å². The van der Waals surface area contributed by atoms with E-state index in [0.717, 1.165) is 10.6 Å². The Labute approximate surface area is 129 Å². The summed E-state index contributed by atoms with van der Waals surface area (Å²) in [5.41, 5.74) is 0.232. The molecule has 0 bridgehead atoms. The Hall–Kier alpha value is -1.90. The van der Waals surface area contributed by atoms with Crippen molar-refractivity contribution in [2.24, 2.45) is 0 Å². The molecule has 1 atom stereocenters. The van der Waals surface area contributed by atoms with Crippen LogP contribution in [-0.4, -0.2) is 21.8 Å². The molecule has 1 unspecified atom stereocenters. The van der Waals surface area contributed by atoms with Crippen molar-refractivity contribution >= 4 is 11.8 Å². The summed E-state index contributed by atoms with van der Waals surface area (Å²) in [5, 5.41) is 14.0. The van der Waals surface area contributed by atoms with Gasteiger partial charge in [-0.3, -0.25) is 10.3 Å².